The number of ether oxygens (including phenoxy) is 3. The first-order chi connectivity index (χ1) is 15.0. The quantitative estimate of drug-likeness (QED) is 0.585. The second-order valence-electron chi connectivity index (χ2n) is 6.60. The van der Waals surface area contributed by atoms with Gasteiger partial charge in [-0.25, -0.2) is 4.79 Å². The maximum absolute atomic E-state index is 12.7. The number of anilines is 2. The molecule has 1 aliphatic heterocycles. The molecule has 0 radical (unpaired) electrons. The molecule has 9 nitrogen and oxygen atoms in total. The maximum Gasteiger partial charge on any atom is 0.374 e. The number of nitrogens with one attached hydrogen (secondary N) is 2. The van der Waals surface area contributed by atoms with Gasteiger partial charge >= 0.3 is 5.97 Å². The van der Waals surface area contributed by atoms with Crippen molar-refractivity contribution in [3.63, 3.8) is 0 Å². The van der Waals surface area contributed by atoms with E-state index in [0.29, 0.717) is 22.9 Å². The first-order valence-corrected chi connectivity index (χ1v) is 9.33. The highest BCUT2D eigenvalue weighted by Gasteiger charge is 2.18. The summed E-state index contributed by atoms with van der Waals surface area (Å²) in [5, 5.41) is 5.33. The first kappa shape index (κ1) is 20.0. The van der Waals surface area contributed by atoms with E-state index in [4.69, 9.17) is 18.6 Å². The highest BCUT2D eigenvalue weighted by atomic mass is 16.7. The van der Waals surface area contributed by atoms with Gasteiger partial charge in [-0.2, -0.15) is 0 Å². The van der Waals surface area contributed by atoms with Gasteiger partial charge in [0.2, 0.25) is 12.6 Å². The van der Waals surface area contributed by atoms with Gasteiger partial charge in [-0.05, 0) is 43.3 Å². The van der Waals surface area contributed by atoms with Crippen molar-refractivity contribution in [1.29, 1.82) is 0 Å². The molecule has 2 aromatic carbocycles. The molecule has 2 heterocycles. The van der Waals surface area contributed by atoms with Crippen LogP contribution < -0.4 is 20.1 Å². The lowest BCUT2D eigenvalue weighted by atomic mass is 10.1. The van der Waals surface area contributed by atoms with Crippen LogP contribution in [-0.2, 0) is 9.53 Å². The average Bonchev–Trinajstić information content (AvgIpc) is 3.41. The third kappa shape index (κ3) is 4.67. The highest BCUT2D eigenvalue weighted by Crippen LogP contribution is 2.34. The molecule has 0 fully saturated rings. The Morgan fingerprint density at radius 1 is 0.968 bits per heavy atom. The Hall–Kier alpha value is -4.27. The van der Waals surface area contributed by atoms with Crippen LogP contribution in [0.5, 0.6) is 11.5 Å². The monoisotopic (exact) mass is 422 g/mol. The number of benzene rings is 2. The van der Waals surface area contributed by atoms with Crippen molar-refractivity contribution in [1.82, 2.24) is 0 Å². The standard InChI is InChI=1S/C22H18N2O7/c1-13-6-8-18(31-13)22(27)28-11-20(25)24-16-5-3-2-4-15(16)21(26)23-14-7-9-17-19(10-14)30-12-29-17/h2-10H,11-12H2,1H3,(H,23,26)(H,24,25). The zero-order valence-electron chi connectivity index (χ0n) is 16.5. The van der Waals surface area contributed by atoms with Crippen LogP contribution >= 0.6 is 0 Å². The van der Waals surface area contributed by atoms with Gasteiger partial charge in [-0.15, -0.1) is 0 Å². The topological polar surface area (TPSA) is 116 Å². The molecule has 0 saturated heterocycles. The van der Waals surface area contributed by atoms with Gasteiger partial charge in [-0.3, -0.25) is 9.59 Å². The molecule has 4 rings (SSSR count). The van der Waals surface area contributed by atoms with Crippen molar-refractivity contribution in [2.45, 2.75) is 6.92 Å². The van der Waals surface area contributed by atoms with Crippen molar-refractivity contribution < 1.29 is 33.0 Å². The highest BCUT2D eigenvalue weighted by molar-refractivity contribution is 6.10. The molecule has 158 valence electrons. The smallest absolute Gasteiger partial charge is 0.374 e. The van der Waals surface area contributed by atoms with Gasteiger partial charge in [-0.1, -0.05) is 12.1 Å². The summed E-state index contributed by atoms with van der Waals surface area (Å²) in [6, 6.07) is 14.6. The van der Waals surface area contributed by atoms with Crippen LogP contribution in [0.3, 0.4) is 0 Å². The van der Waals surface area contributed by atoms with E-state index in [-0.39, 0.29) is 23.8 Å². The predicted octanol–water partition coefficient (Wildman–Crippen LogP) is 3.36. The van der Waals surface area contributed by atoms with Crippen LogP contribution in [0.25, 0.3) is 0 Å². The Morgan fingerprint density at radius 2 is 1.77 bits per heavy atom. The molecule has 1 aromatic heterocycles. The zero-order valence-corrected chi connectivity index (χ0v) is 16.5. The minimum atomic E-state index is -0.753. The SMILES string of the molecule is Cc1ccc(C(=O)OCC(=O)Nc2ccccc2C(=O)Nc2ccc3c(c2)OCO3)o1. The molecule has 0 aliphatic carbocycles. The van der Waals surface area contributed by atoms with Gasteiger partial charge in [0.05, 0.1) is 11.3 Å². The van der Waals surface area contributed by atoms with E-state index in [9.17, 15) is 14.4 Å². The Labute approximate surface area is 176 Å². The largest absolute Gasteiger partial charge is 0.454 e. The van der Waals surface area contributed by atoms with Crippen molar-refractivity contribution >= 4 is 29.2 Å². The van der Waals surface area contributed by atoms with Crippen molar-refractivity contribution in [2.24, 2.45) is 0 Å². The number of esters is 1. The lowest BCUT2D eigenvalue weighted by molar-refractivity contribution is -0.119. The number of hydrogen-bond acceptors (Lipinski definition) is 7. The molecular formula is C22H18N2O7. The van der Waals surface area contributed by atoms with Crippen molar-refractivity contribution in [2.75, 3.05) is 24.0 Å². The van der Waals surface area contributed by atoms with Crippen LogP contribution in [0.15, 0.2) is 59.0 Å². The third-order valence-electron chi connectivity index (χ3n) is 4.35. The fourth-order valence-corrected chi connectivity index (χ4v) is 2.90. The number of fused-ring (bicyclic) bond motifs is 1. The molecule has 0 spiro atoms. The normalized spacial score (nSPS) is 11.6. The van der Waals surface area contributed by atoms with E-state index < -0.39 is 24.4 Å². The molecule has 0 bridgehead atoms. The average molecular weight is 422 g/mol. The number of amides is 2. The molecule has 2 amide bonds. The molecule has 31 heavy (non-hydrogen) atoms. The summed E-state index contributed by atoms with van der Waals surface area (Å²) < 4.78 is 20.7. The lowest BCUT2D eigenvalue weighted by Crippen LogP contribution is -2.23. The molecule has 3 aromatic rings. The number of para-hydroxylation sites is 1. The van der Waals surface area contributed by atoms with Crippen LogP contribution in [-0.4, -0.2) is 31.2 Å². The number of carbonyl (C=O) groups is 3. The Bertz CT molecular complexity index is 1150. The van der Waals surface area contributed by atoms with E-state index >= 15 is 0 Å². The summed E-state index contributed by atoms with van der Waals surface area (Å²) in [7, 11) is 0. The lowest BCUT2D eigenvalue weighted by Gasteiger charge is -2.12. The van der Waals surface area contributed by atoms with Gasteiger partial charge in [0, 0.05) is 11.8 Å². The van der Waals surface area contributed by atoms with E-state index in [1.54, 1.807) is 55.5 Å². The number of furan rings is 1. The van der Waals surface area contributed by atoms with Crippen LogP contribution in [0.4, 0.5) is 11.4 Å². The third-order valence-corrected chi connectivity index (χ3v) is 4.35. The summed E-state index contributed by atoms with van der Waals surface area (Å²) in [5.74, 6) is -0.0830. The second kappa shape index (κ2) is 8.62. The van der Waals surface area contributed by atoms with Crippen molar-refractivity contribution in [3.05, 3.63) is 71.7 Å². The number of carbonyl (C=O) groups excluding carboxylic acids is 3. The molecule has 0 saturated carbocycles. The van der Waals surface area contributed by atoms with Gasteiger partial charge in [0.15, 0.2) is 18.1 Å². The Balaban J connectivity index is 1.39. The zero-order chi connectivity index (χ0) is 21.8. The summed E-state index contributed by atoms with van der Waals surface area (Å²) in [6.07, 6.45) is 0. The van der Waals surface area contributed by atoms with Crippen LogP contribution in [0.1, 0.15) is 26.7 Å². The van der Waals surface area contributed by atoms with E-state index in [1.165, 1.54) is 6.07 Å². The number of hydrogen-bond donors (Lipinski definition) is 2. The van der Waals surface area contributed by atoms with E-state index in [0.717, 1.165) is 0 Å². The van der Waals surface area contributed by atoms with E-state index in [1.807, 2.05) is 0 Å². The Kier molecular flexibility index (Phi) is 5.57. The fraction of sp³-hybridized carbons (Fsp3) is 0.136. The summed E-state index contributed by atoms with van der Waals surface area (Å²) in [4.78, 5) is 36.9. The molecule has 9 heteroatoms. The molecule has 0 atom stereocenters. The summed E-state index contributed by atoms with van der Waals surface area (Å²) >= 11 is 0. The fourth-order valence-electron chi connectivity index (χ4n) is 2.90. The van der Waals surface area contributed by atoms with Gasteiger partial charge in [0.25, 0.3) is 11.8 Å². The number of aryl methyl sites for hydroxylation is 1. The van der Waals surface area contributed by atoms with Crippen LogP contribution in [0.2, 0.25) is 0 Å². The minimum absolute atomic E-state index is 0.00815. The van der Waals surface area contributed by atoms with Gasteiger partial charge in [0.1, 0.15) is 5.76 Å². The van der Waals surface area contributed by atoms with Crippen LogP contribution in [0, 0.1) is 6.92 Å². The second-order valence-corrected chi connectivity index (χ2v) is 6.60. The molecule has 2 N–H and O–H groups in total. The van der Waals surface area contributed by atoms with E-state index in [2.05, 4.69) is 10.6 Å². The molecular weight excluding hydrogens is 404 g/mol. The minimum Gasteiger partial charge on any atom is -0.454 e. The van der Waals surface area contributed by atoms with Crippen molar-refractivity contribution in [3.8, 4) is 11.5 Å². The Morgan fingerprint density at radius 3 is 2.58 bits per heavy atom. The number of rotatable bonds is 6. The predicted molar refractivity (Wildman–Crippen MR) is 109 cm³/mol. The van der Waals surface area contributed by atoms with Gasteiger partial charge < -0.3 is 29.3 Å². The summed E-state index contributed by atoms with van der Waals surface area (Å²) in [6.45, 7) is 1.29. The maximum atomic E-state index is 12.7. The molecule has 0 unspecified atom stereocenters. The summed E-state index contributed by atoms with van der Waals surface area (Å²) in [5.41, 5.74) is 1.02. The molecule has 1 aliphatic rings. The first-order valence-electron chi connectivity index (χ1n) is 9.33.